The zero-order valence-corrected chi connectivity index (χ0v) is 11.1. The van der Waals surface area contributed by atoms with Crippen LogP contribution in [0.4, 0.5) is 0 Å². The monoisotopic (exact) mass is 258 g/mol. The van der Waals surface area contributed by atoms with Crippen molar-refractivity contribution in [1.29, 1.82) is 5.26 Å². The first kappa shape index (κ1) is 12.3. The van der Waals surface area contributed by atoms with Crippen molar-refractivity contribution in [2.45, 2.75) is 12.3 Å². The Balaban J connectivity index is 1.88. The number of methoxy groups -OCH3 is 1. The molecular weight excluding hydrogens is 240 g/mol. The standard InChI is InChI=1S/C15H18N2O2/c1-18-13-3-2-4-14-15(13)12-5-7-17(8-6-16)9-11(12)10-19-14/h2-4,11-12H,5,7-10H2,1H3/t11-,12+/m0/s1. The normalized spacial score (nSPS) is 25.7. The summed E-state index contributed by atoms with van der Waals surface area (Å²) in [4.78, 5) is 2.21. The molecule has 0 spiro atoms. The van der Waals surface area contributed by atoms with Crippen molar-refractivity contribution in [3.05, 3.63) is 23.8 Å². The number of piperidine rings is 1. The molecule has 100 valence electrons. The van der Waals surface area contributed by atoms with Gasteiger partial charge in [0.2, 0.25) is 0 Å². The molecule has 19 heavy (non-hydrogen) atoms. The zero-order valence-electron chi connectivity index (χ0n) is 11.1. The highest BCUT2D eigenvalue weighted by atomic mass is 16.5. The summed E-state index contributed by atoms with van der Waals surface area (Å²) in [6.07, 6.45) is 1.07. The fraction of sp³-hybridized carbons (Fsp3) is 0.533. The molecule has 0 aromatic heterocycles. The van der Waals surface area contributed by atoms with Crippen LogP contribution in [-0.2, 0) is 0 Å². The third-order valence-corrected chi connectivity index (χ3v) is 4.18. The summed E-state index contributed by atoms with van der Waals surface area (Å²) in [5.74, 6) is 2.86. The second-order valence-electron chi connectivity index (χ2n) is 5.23. The minimum absolute atomic E-state index is 0.464. The van der Waals surface area contributed by atoms with E-state index in [0.717, 1.165) is 37.6 Å². The molecule has 4 nitrogen and oxygen atoms in total. The number of benzene rings is 1. The first-order valence-corrected chi connectivity index (χ1v) is 6.72. The number of hydrogen-bond acceptors (Lipinski definition) is 4. The van der Waals surface area contributed by atoms with Gasteiger partial charge in [0.15, 0.2) is 0 Å². The minimum Gasteiger partial charge on any atom is -0.496 e. The molecule has 1 aromatic carbocycles. The van der Waals surface area contributed by atoms with Crippen LogP contribution in [-0.4, -0.2) is 38.3 Å². The van der Waals surface area contributed by atoms with Gasteiger partial charge in [-0.1, -0.05) is 6.07 Å². The highest BCUT2D eigenvalue weighted by Crippen LogP contribution is 2.46. The molecule has 3 rings (SSSR count). The van der Waals surface area contributed by atoms with Crippen LogP contribution in [0.5, 0.6) is 11.5 Å². The van der Waals surface area contributed by atoms with E-state index in [4.69, 9.17) is 14.7 Å². The third kappa shape index (κ3) is 2.15. The summed E-state index contributed by atoms with van der Waals surface area (Å²) in [5, 5.41) is 8.81. The van der Waals surface area contributed by atoms with Gasteiger partial charge in [-0.25, -0.2) is 0 Å². The van der Waals surface area contributed by atoms with Gasteiger partial charge >= 0.3 is 0 Å². The van der Waals surface area contributed by atoms with E-state index in [0.29, 0.717) is 18.4 Å². The summed E-state index contributed by atoms with van der Waals surface area (Å²) >= 11 is 0. The fourth-order valence-electron chi connectivity index (χ4n) is 3.29. The second kappa shape index (κ2) is 5.10. The highest BCUT2D eigenvalue weighted by molar-refractivity contribution is 5.49. The summed E-state index contributed by atoms with van der Waals surface area (Å²) < 4.78 is 11.4. The number of rotatable bonds is 2. The van der Waals surface area contributed by atoms with Gasteiger partial charge in [0.25, 0.3) is 0 Å². The highest BCUT2D eigenvalue weighted by Gasteiger charge is 2.37. The molecule has 0 radical (unpaired) electrons. The molecular formula is C15H18N2O2. The van der Waals surface area contributed by atoms with Crippen LogP contribution in [0.15, 0.2) is 18.2 Å². The number of hydrogen-bond donors (Lipinski definition) is 0. The number of fused-ring (bicyclic) bond motifs is 3. The van der Waals surface area contributed by atoms with Gasteiger partial charge < -0.3 is 9.47 Å². The molecule has 0 amide bonds. The van der Waals surface area contributed by atoms with Gasteiger partial charge in [0, 0.05) is 18.0 Å². The van der Waals surface area contributed by atoms with Crippen molar-refractivity contribution in [2.75, 3.05) is 33.4 Å². The lowest BCUT2D eigenvalue weighted by atomic mass is 9.78. The molecule has 0 bridgehead atoms. The SMILES string of the molecule is COc1cccc2c1[C@@H]1CCN(CC#N)C[C@H]1CO2. The van der Waals surface area contributed by atoms with Crippen LogP contribution in [0, 0.1) is 17.2 Å². The van der Waals surface area contributed by atoms with Crippen molar-refractivity contribution in [3.63, 3.8) is 0 Å². The molecule has 0 aliphatic carbocycles. The fourth-order valence-corrected chi connectivity index (χ4v) is 3.29. The summed E-state index contributed by atoms with van der Waals surface area (Å²) in [5.41, 5.74) is 1.22. The van der Waals surface area contributed by atoms with E-state index in [-0.39, 0.29) is 0 Å². The average molecular weight is 258 g/mol. The van der Waals surface area contributed by atoms with Gasteiger partial charge in [0.1, 0.15) is 11.5 Å². The van der Waals surface area contributed by atoms with Crippen LogP contribution >= 0.6 is 0 Å². The number of likely N-dealkylation sites (tertiary alicyclic amines) is 1. The molecule has 2 atom stereocenters. The molecule has 0 unspecified atom stereocenters. The first-order valence-electron chi connectivity index (χ1n) is 6.72. The Morgan fingerprint density at radius 1 is 1.53 bits per heavy atom. The van der Waals surface area contributed by atoms with Crippen molar-refractivity contribution in [2.24, 2.45) is 5.92 Å². The van der Waals surface area contributed by atoms with Gasteiger partial charge in [-0.2, -0.15) is 5.26 Å². The Bertz CT molecular complexity index is 495. The van der Waals surface area contributed by atoms with E-state index in [1.807, 2.05) is 18.2 Å². The van der Waals surface area contributed by atoms with Gasteiger partial charge in [-0.15, -0.1) is 0 Å². The summed E-state index contributed by atoms with van der Waals surface area (Å²) in [6, 6.07) is 8.24. The molecule has 1 saturated heterocycles. The number of nitrogens with zero attached hydrogens (tertiary/aromatic N) is 2. The van der Waals surface area contributed by atoms with E-state index in [9.17, 15) is 0 Å². The summed E-state index contributed by atoms with van der Waals surface area (Å²) in [7, 11) is 1.71. The maximum Gasteiger partial charge on any atom is 0.126 e. The zero-order chi connectivity index (χ0) is 13.2. The van der Waals surface area contributed by atoms with Crippen molar-refractivity contribution >= 4 is 0 Å². The molecule has 0 saturated carbocycles. The Hall–Kier alpha value is -1.73. The van der Waals surface area contributed by atoms with Crippen LogP contribution in [0.3, 0.4) is 0 Å². The van der Waals surface area contributed by atoms with E-state index in [1.165, 1.54) is 5.56 Å². The summed E-state index contributed by atoms with van der Waals surface area (Å²) in [6.45, 7) is 3.18. The quantitative estimate of drug-likeness (QED) is 0.761. The van der Waals surface area contributed by atoms with E-state index < -0.39 is 0 Å². The molecule has 4 heteroatoms. The largest absolute Gasteiger partial charge is 0.496 e. The predicted octanol–water partition coefficient (Wildman–Crippen LogP) is 2.02. The molecule has 0 N–H and O–H groups in total. The smallest absolute Gasteiger partial charge is 0.126 e. The van der Waals surface area contributed by atoms with Crippen LogP contribution in [0.25, 0.3) is 0 Å². The van der Waals surface area contributed by atoms with Gasteiger partial charge in [-0.3, -0.25) is 4.90 Å². The predicted molar refractivity (Wildman–Crippen MR) is 71.4 cm³/mol. The van der Waals surface area contributed by atoms with Crippen LogP contribution in [0.1, 0.15) is 17.9 Å². The maximum absolute atomic E-state index is 8.81. The van der Waals surface area contributed by atoms with Crippen LogP contribution in [0.2, 0.25) is 0 Å². The van der Waals surface area contributed by atoms with Gasteiger partial charge in [0.05, 0.1) is 26.3 Å². The molecule has 1 aromatic rings. The number of nitriles is 1. The topological polar surface area (TPSA) is 45.5 Å². The van der Waals surface area contributed by atoms with Crippen molar-refractivity contribution in [3.8, 4) is 17.6 Å². The molecule has 2 aliphatic rings. The lowest BCUT2D eigenvalue weighted by molar-refractivity contribution is 0.0994. The van der Waals surface area contributed by atoms with Crippen molar-refractivity contribution < 1.29 is 9.47 Å². The Morgan fingerprint density at radius 3 is 3.21 bits per heavy atom. The minimum atomic E-state index is 0.464. The van der Waals surface area contributed by atoms with E-state index in [2.05, 4.69) is 11.0 Å². The first-order chi connectivity index (χ1) is 9.33. The average Bonchev–Trinajstić information content (AvgIpc) is 2.46. The molecule has 1 fully saturated rings. The maximum atomic E-state index is 8.81. The van der Waals surface area contributed by atoms with Crippen LogP contribution < -0.4 is 9.47 Å². The Kier molecular flexibility index (Phi) is 3.31. The van der Waals surface area contributed by atoms with Gasteiger partial charge in [-0.05, 0) is 31.0 Å². The Morgan fingerprint density at radius 2 is 2.42 bits per heavy atom. The van der Waals surface area contributed by atoms with E-state index >= 15 is 0 Å². The van der Waals surface area contributed by atoms with Crippen molar-refractivity contribution in [1.82, 2.24) is 4.90 Å². The lowest BCUT2D eigenvalue weighted by Crippen LogP contribution is -2.43. The Labute approximate surface area is 113 Å². The number of ether oxygens (including phenoxy) is 2. The molecule has 2 aliphatic heterocycles. The van der Waals surface area contributed by atoms with E-state index in [1.54, 1.807) is 7.11 Å². The molecule has 2 heterocycles. The second-order valence-corrected chi connectivity index (χ2v) is 5.23. The lowest BCUT2D eigenvalue weighted by Gasteiger charge is -2.41. The third-order valence-electron chi connectivity index (χ3n) is 4.18.